The van der Waals surface area contributed by atoms with Crippen molar-refractivity contribution in [2.45, 2.75) is 64.1 Å². The van der Waals surface area contributed by atoms with Gasteiger partial charge in [0.2, 0.25) is 5.79 Å². The van der Waals surface area contributed by atoms with Crippen LogP contribution in [-0.2, 0) is 9.47 Å². The summed E-state index contributed by atoms with van der Waals surface area (Å²) in [5.74, 6) is -1.26. The second kappa shape index (κ2) is 5.42. The molecule has 1 spiro atoms. The third-order valence-corrected chi connectivity index (χ3v) is 4.12. The topological polar surface area (TPSA) is 79.2 Å². The molecule has 0 unspecified atom stereocenters. The fourth-order valence-electron chi connectivity index (χ4n) is 2.65. The van der Waals surface area contributed by atoms with Gasteiger partial charge in [-0.2, -0.15) is 0 Å². The first kappa shape index (κ1) is 17.6. The Morgan fingerprint density at radius 1 is 1.23 bits per heavy atom. The van der Waals surface area contributed by atoms with Gasteiger partial charge in [-0.3, -0.25) is 0 Å². The van der Waals surface area contributed by atoms with Crippen molar-refractivity contribution >= 4 is 0 Å². The summed E-state index contributed by atoms with van der Waals surface area (Å²) in [7, 11) is 0. The molecular weight excluding hydrogens is 284 g/mol. The van der Waals surface area contributed by atoms with Crippen molar-refractivity contribution in [3.05, 3.63) is 23.8 Å². The average molecular weight is 312 g/mol. The Morgan fingerprint density at radius 2 is 1.77 bits per heavy atom. The molecule has 0 amide bonds. The van der Waals surface area contributed by atoms with Gasteiger partial charge in [0.05, 0.1) is 24.9 Å². The minimum atomic E-state index is -1.32. The molecular formula is C17H28O5. The zero-order chi connectivity index (χ0) is 16.8. The molecule has 0 aromatic rings. The SMILES string of the molecule is CC(C)(O)/C=C/C1=CC2(OCC(C)(C)CO2)[C@](C)(O)C[C@H]1O. The molecule has 0 aromatic heterocycles. The van der Waals surface area contributed by atoms with Gasteiger partial charge in [0, 0.05) is 11.8 Å². The second-order valence-electron chi connectivity index (χ2n) is 8.03. The van der Waals surface area contributed by atoms with Gasteiger partial charge in [-0.05, 0) is 32.4 Å². The molecule has 5 nitrogen and oxygen atoms in total. The number of hydrogen-bond acceptors (Lipinski definition) is 5. The molecule has 0 aromatic carbocycles. The van der Waals surface area contributed by atoms with E-state index in [1.165, 1.54) is 0 Å². The maximum Gasteiger partial charge on any atom is 0.218 e. The Kier molecular flexibility index (Phi) is 4.35. The molecule has 2 aliphatic rings. The van der Waals surface area contributed by atoms with E-state index >= 15 is 0 Å². The largest absolute Gasteiger partial charge is 0.388 e. The minimum absolute atomic E-state index is 0.107. The highest BCUT2D eigenvalue weighted by Gasteiger charge is 2.55. The van der Waals surface area contributed by atoms with E-state index in [4.69, 9.17) is 9.47 Å². The Bertz CT molecular complexity index is 472. The van der Waals surface area contributed by atoms with Gasteiger partial charge in [0.15, 0.2) is 0 Å². The van der Waals surface area contributed by atoms with Crippen molar-refractivity contribution in [1.82, 2.24) is 0 Å². The first-order valence-corrected chi connectivity index (χ1v) is 7.69. The molecule has 0 bridgehead atoms. The lowest BCUT2D eigenvalue weighted by molar-refractivity contribution is -0.341. The maximum absolute atomic E-state index is 10.7. The van der Waals surface area contributed by atoms with Crippen LogP contribution >= 0.6 is 0 Å². The van der Waals surface area contributed by atoms with Crippen LogP contribution in [0.3, 0.4) is 0 Å². The van der Waals surface area contributed by atoms with Crippen molar-refractivity contribution in [3.8, 4) is 0 Å². The van der Waals surface area contributed by atoms with Crippen molar-refractivity contribution < 1.29 is 24.8 Å². The van der Waals surface area contributed by atoms with Gasteiger partial charge in [-0.1, -0.05) is 26.0 Å². The fourth-order valence-corrected chi connectivity index (χ4v) is 2.65. The Morgan fingerprint density at radius 3 is 2.27 bits per heavy atom. The fraction of sp³-hybridized carbons (Fsp3) is 0.765. The highest BCUT2D eigenvalue weighted by molar-refractivity contribution is 5.33. The normalized spacial score (nSPS) is 34.9. The quantitative estimate of drug-likeness (QED) is 0.720. The van der Waals surface area contributed by atoms with Crippen LogP contribution in [0.15, 0.2) is 23.8 Å². The Labute approximate surface area is 132 Å². The van der Waals surface area contributed by atoms with Crippen LogP contribution in [0.1, 0.15) is 41.0 Å². The molecule has 1 saturated heterocycles. The molecule has 1 fully saturated rings. The maximum atomic E-state index is 10.7. The molecule has 3 N–H and O–H groups in total. The molecule has 22 heavy (non-hydrogen) atoms. The number of aliphatic hydroxyl groups excluding tert-OH is 1. The van der Waals surface area contributed by atoms with Crippen LogP contribution in [0.25, 0.3) is 0 Å². The van der Waals surface area contributed by atoms with E-state index in [2.05, 4.69) is 0 Å². The smallest absolute Gasteiger partial charge is 0.218 e. The van der Waals surface area contributed by atoms with Crippen molar-refractivity contribution in [1.29, 1.82) is 0 Å². The molecule has 0 saturated carbocycles. The third-order valence-electron chi connectivity index (χ3n) is 4.12. The molecule has 1 aliphatic heterocycles. The van der Waals surface area contributed by atoms with Crippen molar-refractivity contribution in [2.75, 3.05) is 13.2 Å². The van der Waals surface area contributed by atoms with Crippen LogP contribution < -0.4 is 0 Å². The third kappa shape index (κ3) is 3.60. The van der Waals surface area contributed by atoms with Crippen molar-refractivity contribution in [3.63, 3.8) is 0 Å². The van der Waals surface area contributed by atoms with Gasteiger partial charge in [0.1, 0.15) is 5.60 Å². The van der Waals surface area contributed by atoms with Crippen LogP contribution in [0, 0.1) is 5.41 Å². The van der Waals surface area contributed by atoms with Gasteiger partial charge in [-0.25, -0.2) is 0 Å². The van der Waals surface area contributed by atoms with Gasteiger partial charge < -0.3 is 24.8 Å². The van der Waals surface area contributed by atoms with Crippen LogP contribution in [0.2, 0.25) is 0 Å². The molecule has 2 rings (SSSR count). The van der Waals surface area contributed by atoms with Crippen LogP contribution in [0.4, 0.5) is 0 Å². The highest BCUT2D eigenvalue weighted by atomic mass is 16.7. The Hall–Kier alpha value is -0.720. The molecule has 5 heteroatoms. The summed E-state index contributed by atoms with van der Waals surface area (Å²) in [5.41, 5.74) is -1.85. The lowest BCUT2D eigenvalue weighted by atomic mass is 9.78. The first-order valence-electron chi connectivity index (χ1n) is 7.69. The predicted octanol–water partition coefficient (Wildman–Crippen LogP) is 1.52. The van der Waals surface area contributed by atoms with Crippen LogP contribution in [-0.4, -0.2) is 51.6 Å². The summed E-state index contributed by atoms with van der Waals surface area (Å²) in [5, 5.41) is 30.8. The number of hydrogen-bond donors (Lipinski definition) is 3. The zero-order valence-corrected chi connectivity index (χ0v) is 14.1. The summed E-state index contributed by atoms with van der Waals surface area (Å²) in [6.07, 6.45) is 4.17. The van der Waals surface area contributed by atoms with Crippen molar-refractivity contribution in [2.24, 2.45) is 5.41 Å². The van der Waals surface area contributed by atoms with E-state index in [0.717, 1.165) is 0 Å². The molecule has 1 heterocycles. The van der Waals surface area contributed by atoms with E-state index in [9.17, 15) is 15.3 Å². The predicted molar refractivity (Wildman–Crippen MR) is 83.2 cm³/mol. The lowest BCUT2D eigenvalue weighted by Crippen LogP contribution is -2.62. The summed E-state index contributed by atoms with van der Waals surface area (Å²) < 4.78 is 11.8. The summed E-state index contributed by atoms with van der Waals surface area (Å²) in [4.78, 5) is 0. The summed E-state index contributed by atoms with van der Waals surface area (Å²) >= 11 is 0. The second-order valence-corrected chi connectivity index (χ2v) is 8.03. The lowest BCUT2D eigenvalue weighted by Gasteiger charge is -2.51. The molecule has 126 valence electrons. The Balaban J connectivity index is 2.34. The zero-order valence-electron chi connectivity index (χ0n) is 14.1. The number of aliphatic hydroxyl groups is 3. The molecule has 0 radical (unpaired) electrons. The van der Waals surface area contributed by atoms with Crippen LogP contribution in [0.5, 0.6) is 0 Å². The first-order chi connectivity index (χ1) is 9.86. The van der Waals surface area contributed by atoms with E-state index in [1.807, 2.05) is 13.8 Å². The highest BCUT2D eigenvalue weighted by Crippen LogP contribution is 2.44. The minimum Gasteiger partial charge on any atom is -0.388 e. The van der Waals surface area contributed by atoms with Gasteiger partial charge in [-0.15, -0.1) is 0 Å². The van der Waals surface area contributed by atoms with E-state index < -0.39 is 23.1 Å². The van der Waals surface area contributed by atoms with E-state index in [-0.39, 0.29) is 11.8 Å². The monoisotopic (exact) mass is 312 g/mol. The van der Waals surface area contributed by atoms with E-state index in [0.29, 0.717) is 18.8 Å². The van der Waals surface area contributed by atoms with Gasteiger partial charge in [0.25, 0.3) is 0 Å². The van der Waals surface area contributed by atoms with E-state index in [1.54, 1.807) is 39.0 Å². The summed E-state index contributed by atoms with van der Waals surface area (Å²) in [6, 6.07) is 0. The standard InChI is InChI=1S/C17H28O5/c1-14(2)10-21-17(22-11-14)8-12(6-7-15(3,4)19)13(18)9-16(17,5)20/h6-8,13,18-20H,9-11H2,1-5H3/b7-6+/t13-,16-/m1/s1. The summed E-state index contributed by atoms with van der Waals surface area (Å²) in [6.45, 7) is 9.90. The number of rotatable bonds is 2. The molecule has 1 aliphatic carbocycles. The molecule has 2 atom stereocenters. The number of ether oxygens (including phenoxy) is 2. The average Bonchev–Trinajstić information content (AvgIpc) is 2.33. The van der Waals surface area contributed by atoms with Gasteiger partial charge >= 0.3 is 0 Å².